The molecule has 0 heterocycles. The molecular formula is C14H22N2OS. The molecule has 1 aromatic carbocycles. The minimum atomic E-state index is -0.243. The number of hydrogen-bond acceptors (Lipinski definition) is 3. The molecule has 0 fully saturated rings. The van der Waals surface area contributed by atoms with Crippen molar-refractivity contribution in [2.45, 2.75) is 44.2 Å². The first kappa shape index (κ1) is 15.1. The highest BCUT2D eigenvalue weighted by molar-refractivity contribution is 7.99. The van der Waals surface area contributed by atoms with Crippen LogP contribution >= 0.6 is 11.8 Å². The van der Waals surface area contributed by atoms with Crippen LogP contribution in [-0.2, 0) is 11.3 Å². The van der Waals surface area contributed by atoms with E-state index < -0.39 is 0 Å². The van der Waals surface area contributed by atoms with Gasteiger partial charge in [-0.3, -0.25) is 4.79 Å². The predicted molar refractivity (Wildman–Crippen MR) is 77.6 cm³/mol. The van der Waals surface area contributed by atoms with E-state index in [1.54, 1.807) is 11.8 Å². The van der Waals surface area contributed by atoms with Gasteiger partial charge in [0.2, 0.25) is 5.91 Å². The van der Waals surface area contributed by atoms with Crippen LogP contribution in [0.2, 0.25) is 0 Å². The molecule has 100 valence electrons. The molecule has 0 aromatic heterocycles. The van der Waals surface area contributed by atoms with E-state index in [0.29, 0.717) is 6.42 Å². The smallest absolute Gasteiger partial charge is 0.218 e. The maximum Gasteiger partial charge on any atom is 0.218 e. The Labute approximate surface area is 114 Å². The second-order valence-electron chi connectivity index (χ2n) is 5.32. The molecule has 0 aliphatic carbocycles. The Morgan fingerprint density at radius 1 is 1.39 bits per heavy atom. The Bertz CT molecular complexity index is 399. The SMILES string of the molecule is CC(C)(C)NCc1cccc(SCCC(N)=O)c1. The summed E-state index contributed by atoms with van der Waals surface area (Å²) in [5.74, 6) is 0.499. The number of nitrogens with two attached hydrogens (primary N) is 1. The number of amides is 1. The number of nitrogens with one attached hydrogen (secondary N) is 1. The molecule has 0 saturated carbocycles. The largest absolute Gasteiger partial charge is 0.370 e. The van der Waals surface area contributed by atoms with Gasteiger partial charge in [0.1, 0.15) is 0 Å². The summed E-state index contributed by atoms with van der Waals surface area (Å²) in [6.45, 7) is 7.31. The molecule has 0 spiro atoms. The quantitative estimate of drug-likeness (QED) is 0.778. The monoisotopic (exact) mass is 266 g/mol. The van der Waals surface area contributed by atoms with Gasteiger partial charge >= 0.3 is 0 Å². The number of rotatable bonds is 6. The Hall–Kier alpha value is -1.00. The summed E-state index contributed by atoms with van der Waals surface area (Å²) in [7, 11) is 0. The molecule has 0 aliphatic rings. The molecule has 3 N–H and O–H groups in total. The summed E-state index contributed by atoms with van der Waals surface area (Å²) >= 11 is 1.67. The molecule has 3 nitrogen and oxygen atoms in total. The number of hydrogen-bond donors (Lipinski definition) is 2. The average Bonchev–Trinajstić information content (AvgIpc) is 2.26. The Morgan fingerprint density at radius 2 is 2.11 bits per heavy atom. The molecule has 1 amide bonds. The van der Waals surface area contributed by atoms with Gasteiger partial charge in [0.25, 0.3) is 0 Å². The van der Waals surface area contributed by atoms with E-state index in [1.165, 1.54) is 10.5 Å². The number of benzene rings is 1. The minimum Gasteiger partial charge on any atom is -0.370 e. The summed E-state index contributed by atoms with van der Waals surface area (Å²) in [5, 5.41) is 3.46. The van der Waals surface area contributed by atoms with Crippen molar-refractivity contribution in [3.05, 3.63) is 29.8 Å². The fraction of sp³-hybridized carbons (Fsp3) is 0.500. The Morgan fingerprint density at radius 3 is 2.72 bits per heavy atom. The third-order valence-corrected chi connectivity index (χ3v) is 3.33. The van der Waals surface area contributed by atoms with Crippen LogP contribution in [0.5, 0.6) is 0 Å². The van der Waals surface area contributed by atoms with Crippen LogP contribution in [-0.4, -0.2) is 17.2 Å². The molecule has 0 atom stereocenters. The number of primary amides is 1. The summed E-state index contributed by atoms with van der Waals surface area (Å²) in [5.41, 5.74) is 6.50. The van der Waals surface area contributed by atoms with E-state index in [-0.39, 0.29) is 11.4 Å². The topological polar surface area (TPSA) is 55.1 Å². The maximum atomic E-state index is 10.7. The third kappa shape index (κ3) is 6.67. The highest BCUT2D eigenvalue weighted by Gasteiger charge is 2.08. The second-order valence-corrected chi connectivity index (χ2v) is 6.48. The van der Waals surface area contributed by atoms with Gasteiger partial charge in [-0.2, -0.15) is 0 Å². The number of carbonyl (C=O) groups excluding carboxylic acids is 1. The third-order valence-electron chi connectivity index (χ3n) is 2.34. The van der Waals surface area contributed by atoms with Gasteiger partial charge in [0.05, 0.1) is 0 Å². The fourth-order valence-electron chi connectivity index (χ4n) is 1.38. The average molecular weight is 266 g/mol. The highest BCUT2D eigenvalue weighted by atomic mass is 32.2. The molecule has 0 unspecified atom stereocenters. The highest BCUT2D eigenvalue weighted by Crippen LogP contribution is 2.20. The van der Waals surface area contributed by atoms with E-state index in [0.717, 1.165) is 12.3 Å². The van der Waals surface area contributed by atoms with Crippen LogP contribution in [0.25, 0.3) is 0 Å². The normalized spacial score (nSPS) is 11.5. The lowest BCUT2D eigenvalue weighted by molar-refractivity contribution is -0.117. The van der Waals surface area contributed by atoms with E-state index in [9.17, 15) is 4.79 Å². The Kier molecular flexibility index (Phi) is 5.69. The molecule has 1 aromatic rings. The van der Waals surface area contributed by atoms with Gasteiger partial charge in [-0.15, -0.1) is 11.8 Å². The van der Waals surface area contributed by atoms with Crippen molar-refractivity contribution < 1.29 is 4.79 Å². The van der Waals surface area contributed by atoms with Crippen molar-refractivity contribution in [1.82, 2.24) is 5.32 Å². The molecule has 1 rings (SSSR count). The zero-order valence-electron chi connectivity index (χ0n) is 11.3. The minimum absolute atomic E-state index is 0.120. The lowest BCUT2D eigenvalue weighted by Crippen LogP contribution is -2.35. The van der Waals surface area contributed by atoms with Gasteiger partial charge in [-0.1, -0.05) is 12.1 Å². The molecule has 0 radical (unpaired) electrons. The zero-order chi connectivity index (χ0) is 13.6. The van der Waals surface area contributed by atoms with Gasteiger partial charge in [-0.05, 0) is 38.5 Å². The molecule has 0 aliphatic heterocycles. The number of thioether (sulfide) groups is 1. The van der Waals surface area contributed by atoms with Gasteiger partial charge in [-0.25, -0.2) is 0 Å². The standard InChI is InChI=1S/C14H22N2OS/c1-14(2,3)16-10-11-5-4-6-12(9-11)18-8-7-13(15)17/h4-6,9,16H,7-8,10H2,1-3H3,(H2,15,17). The van der Waals surface area contributed by atoms with Gasteiger partial charge in [0, 0.05) is 29.2 Å². The van der Waals surface area contributed by atoms with Crippen LogP contribution < -0.4 is 11.1 Å². The Balaban J connectivity index is 2.49. The van der Waals surface area contributed by atoms with Crippen molar-refractivity contribution in [2.24, 2.45) is 5.73 Å². The van der Waals surface area contributed by atoms with Crippen molar-refractivity contribution in [1.29, 1.82) is 0 Å². The van der Waals surface area contributed by atoms with Crippen LogP contribution in [0.15, 0.2) is 29.2 Å². The van der Waals surface area contributed by atoms with Crippen molar-refractivity contribution in [2.75, 3.05) is 5.75 Å². The van der Waals surface area contributed by atoms with Crippen LogP contribution in [0, 0.1) is 0 Å². The zero-order valence-corrected chi connectivity index (χ0v) is 12.1. The lowest BCUT2D eigenvalue weighted by Gasteiger charge is -2.20. The van der Waals surface area contributed by atoms with E-state index in [4.69, 9.17) is 5.73 Å². The van der Waals surface area contributed by atoms with E-state index in [2.05, 4.69) is 44.3 Å². The molecule has 0 bridgehead atoms. The molecule has 4 heteroatoms. The molecule has 0 saturated heterocycles. The van der Waals surface area contributed by atoms with Crippen molar-refractivity contribution >= 4 is 17.7 Å². The van der Waals surface area contributed by atoms with Crippen LogP contribution in [0.1, 0.15) is 32.8 Å². The summed E-state index contributed by atoms with van der Waals surface area (Å²) in [6, 6.07) is 8.37. The van der Waals surface area contributed by atoms with Crippen molar-refractivity contribution in [3.8, 4) is 0 Å². The van der Waals surface area contributed by atoms with E-state index >= 15 is 0 Å². The first-order valence-electron chi connectivity index (χ1n) is 6.12. The summed E-state index contributed by atoms with van der Waals surface area (Å²) in [6.07, 6.45) is 0.426. The summed E-state index contributed by atoms with van der Waals surface area (Å²) in [4.78, 5) is 11.9. The predicted octanol–water partition coefficient (Wildman–Crippen LogP) is 2.54. The van der Waals surface area contributed by atoms with Gasteiger partial charge < -0.3 is 11.1 Å². The lowest BCUT2D eigenvalue weighted by atomic mass is 10.1. The molecular weight excluding hydrogens is 244 g/mol. The first-order chi connectivity index (χ1) is 8.37. The fourth-order valence-corrected chi connectivity index (χ4v) is 2.33. The first-order valence-corrected chi connectivity index (χ1v) is 7.10. The van der Waals surface area contributed by atoms with E-state index in [1.807, 2.05) is 6.07 Å². The summed E-state index contributed by atoms with van der Waals surface area (Å²) < 4.78 is 0. The second kappa shape index (κ2) is 6.81. The van der Waals surface area contributed by atoms with Crippen molar-refractivity contribution in [3.63, 3.8) is 0 Å². The van der Waals surface area contributed by atoms with Crippen LogP contribution in [0.4, 0.5) is 0 Å². The maximum absolute atomic E-state index is 10.7. The number of carbonyl (C=O) groups is 1. The van der Waals surface area contributed by atoms with Crippen LogP contribution in [0.3, 0.4) is 0 Å². The molecule has 18 heavy (non-hydrogen) atoms. The van der Waals surface area contributed by atoms with Gasteiger partial charge in [0.15, 0.2) is 0 Å².